The number of hydrogen-bond acceptors (Lipinski definition) is 10. The van der Waals surface area contributed by atoms with Crippen molar-refractivity contribution in [3.05, 3.63) is 92.6 Å². The second-order valence-corrected chi connectivity index (χ2v) is 13.8. The Bertz CT molecular complexity index is 1900. The fraction of sp³-hybridized carbons (Fsp3) is 0.243. The molecule has 0 fully saturated rings. The van der Waals surface area contributed by atoms with Crippen molar-refractivity contribution in [3.8, 4) is 23.0 Å². The third-order valence-corrected chi connectivity index (χ3v) is 10.8. The smallest absolute Gasteiger partial charge is 0.260 e. The number of thiophene rings is 2. The van der Waals surface area contributed by atoms with Gasteiger partial charge in [0.15, 0.2) is 23.0 Å². The van der Waals surface area contributed by atoms with Gasteiger partial charge < -0.3 is 28.7 Å². The van der Waals surface area contributed by atoms with Crippen LogP contribution in [0.4, 0.5) is 11.4 Å². The molecular formula is C37H32N4O6S2. The van der Waals surface area contributed by atoms with Gasteiger partial charge in [-0.15, -0.1) is 22.7 Å². The molecule has 0 spiro atoms. The monoisotopic (exact) mass is 692 g/mol. The molecule has 0 bridgehead atoms. The Morgan fingerprint density at radius 3 is 1.57 bits per heavy atom. The number of fused-ring (bicyclic) bond motifs is 4. The van der Waals surface area contributed by atoms with E-state index in [0.717, 1.165) is 33.7 Å². The molecule has 4 aliphatic rings. The number of nitrogens with zero attached hydrogens (tertiary/aromatic N) is 4. The molecule has 12 heteroatoms. The highest BCUT2D eigenvalue weighted by atomic mass is 32.1. The lowest BCUT2D eigenvalue weighted by Crippen LogP contribution is -2.32. The van der Waals surface area contributed by atoms with Crippen LogP contribution in [0, 0.1) is 0 Å². The highest BCUT2D eigenvalue weighted by Crippen LogP contribution is 2.42. The zero-order valence-electron chi connectivity index (χ0n) is 26.8. The average Bonchev–Trinajstić information content (AvgIpc) is 3.95. The first kappa shape index (κ1) is 31.1. The molecule has 4 aromatic rings. The van der Waals surface area contributed by atoms with E-state index in [2.05, 4.69) is 22.1 Å². The van der Waals surface area contributed by atoms with E-state index in [1.54, 1.807) is 71.0 Å². The number of hydrogen-bond donors (Lipinski definition) is 0. The predicted molar refractivity (Wildman–Crippen MR) is 192 cm³/mol. The summed E-state index contributed by atoms with van der Waals surface area (Å²) in [6.45, 7) is 0.655. The van der Waals surface area contributed by atoms with Gasteiger partial charge in [-0.2, -0.15) is 0 Å². The van der Waals surface area contributed by atoms with Crippen LogP contribution in [0.3, 0.4) is 0 Å². The van der Waals surface area contributed by atoms with Crippen molar-refractivity contribution in [2.45, 2.75) is 31.3 Å². The summed E-state index contributed by atoms with van der Waals surface area (Å²) in [6, 6.07) is 14.8. The molecule has 248 valence electrons. The van der Waals surface area contributed by atoms with Crippen LogP contribution in [0.2, 0.25) is 0 Å². The lowest BCUT2D eigenvalue weighted by Gasteiger charge is -2.19. The number of rotatable bonds is 10. The second kappa shape index (κ2) is 13.0. The van der Waals surface area contributed by atoms with Crippen LogP contribution >= 0.6 is 22.7 Å². The predicted octanol–water partition coefficient (Wildman–Crippen LogP) is 7.62. The van der Waals surface area contributed by atoms with Gasteiger partial charge in [-0.25, -0.2) is 0 Å². The maximum absolute atomic E-state index is 13.6. The van der Waals surface area contributed by atoms with Crippen LogP contribution in [-0.2, 0) is 0 Å². The van der Waals surface area contributed by atoms with Crippen molar-refractivity contribution in [3.63, 3.8) is 0 Å². The van der Waals surface area contributed by atoms with Crippen LogP contribution in [0.5, 0.6) is 23.0 Å². The van der Waals surface area contributed by atoms with E-state index < -0.39 is 0 Å². The highest BCUT2D eigenvalue weighted by molar-refractivity contribution is 7.11. The van der Waals surface area contributed by atoms with E-state index in [9.17, 15) is 9.59 Å². The van der Waals surface area contributed by atoms with E-state index in [-0.39, 0.29) is 23.9 Å². The van der Waals surface area contributed by atoms with Gasteiger partial charge >= 0.3 is 0 Å². The van der Waals surface area contributed by atoms with Crippen molar-refractivity contribution in [2.75, 3.05) is 27.4 Å². The van der Waals surface area contributed by atoms with Gasteiger partial charge in [-0.1, -0.05) is 12.1 Å². The molecule has 2 aromatic heterocycles. The summed E-state index contributed by atoms with van der Waals surface area (Å²) in [7, 11) is 3.10. The van der Waals surface area contributed by atoms with Gasteiger partial charge in [0, 0.05) is 66.0 Å². The summed E-state index contributed by atoms with van der Waals surface area (Å²) < 4.78 is 23.4. The molecule has 0 radical (unpaired) electrons. The Morgan fingerprint density at radius 2 is 1.16 bits per heavy atom. The van der Waals surface area contributed by atoms with E-state index in [0.29, 0.717) is 65.1 Å². The van der Waals surface area contributed by atoms with Gasteiger partial charge in [0.2, 0.25) is 0 Å². The van der Waals surface area contributed by atoms with Crippen LogP contribution in [0.25, 0.3) is 11.1 Å². The standard InChI is InChI=1S/C37H32N4O6S2/c1-44-30-14-26-28(38-18-24-12-22(20-40(24)36(26)42)34-6-3-10-48-34)16-32(30)46-8-5-9-47-33-17-29-27(15-31(33)45-2)37(43)41-21-23(13-25(41)19-39-29)35-7-4-11-49-35/h3-4,6-7,10-11,14-21,24-25H,5,8-9,12-13H2,1-2H3/t24-,25-/m0/s1. The third kappa shape index (κ3) is 5.80. The van der Waals surface area contributed by atoms with Gasteiger partial charge in [0.05, 0.1) is 62.0 Å². The minimum Gasteiger partial charge on any atom is -0.493 e. The SMILES string of the molecule is COc1cc2c(cc1OCCCOc1cc3c(cc1OC)C(=O)N1C=C(c4cccs4)C[C@H]1C=N3)N=C[C@@H]1CC(c3cccs3)=CN1C2=O. The molecule has 0 saturated heterocycles. The van der Waals surface area contributed by atoms with Crippen molar-refractivity contribution >= 4 is 69.4 Å². The Balaban J connectivity index is 0.919. The van der Waals surface area contributed by atoms with Crippen LogP contribution in [-0.4, -0.2) is 73.6 Å². The molecule has 49 heavy (non-hydrogen) atoms. The van der Waals surface area contributed by atoms with E-state index in [1.807, 2.05) is 47.7 Å². The molecule has 0 aliphatic carbocycles. The van der Waals surface area contributed by atoms with Gasteiger partial charge in [0.25, 0.3) is 11.8 Å². The molecule has 2 amide bonds. The lowest BCUT2D eigenvalue weighted by molar-refractivity contribution is 0.0809. The normalized spacial score (nSPS) is 19.0. The number of ether oxygens (including phenoxy) is 4. The molecule has 2 aromatic carbocycles. The van der Waals surface area contributed by atoms with Crippen molar-refractivity contribution in [1.82, 2.24) is 9.80 Å². The summed E-state index contributed by atoms with van der Waals surface area (Å²) in [5.41, 5.74) is 4.27. The molecule has 0 N–H and O–H groups in total. The zero-order valence-corrected chi connectivity index (χ0v) is 28.5. The molecule has 2 atom stereocenters. The molecule has 0 unspecified atom stereocenters. The van der Waals surface area contributed by atoms with E-state index in [1.165, 1.54) is 0 Å². The summed E-state index contributed by atoms with van der Waals surface area (Å²) >= 11 is 3.33. The molecule has 6 heterocycles. The molecular weight excluding hydrogens is 661 g/mol. The van der Waals surface area contributed by atoms with Gasteiger partial charge in [0.1, 0.15) is 0 Å². The maximum atomic E-state index is 13.6. The third-order valence-electron chi connectivity index (χ3n) is 8.91. The van der Waals surface area contributed by atoms with Crippen molar-refractivity contribution in [1.29, 1.82) is 0 Å². The molecule has 10 nitrogen and oxygen atoms in total. The first-order chi connectivity index (χ1) is 24.0. The van der Waals surface area contributed by atoms with Gasteiger partial charge in [-0.05, 0) is 46.2 Å². The van der Waals surface area contributed by atoms with Crippen molar-refractivity contribution in [2.24, 2.45) is 9.98 Å². The fourth-order valence-corrected chi connectivity index (χ4v) is 7.93. The topological polar surface area (TPSA) is 102 Å². The zero-order chi connectivity index (χ0) is 33.5. The summed E-state index contributed by atoms with van der Waals surface area (Å²) in [5, 5.41) is 4.07. The lowest BCUT2D eigenvalue weighted by atomic mass is 10.1. The Morgan fingerprint density at radius 1 is 0.694 bits per heavy atom. The van der Waals surface area contributed by atoms with Crippen LogP contribution in [0.15, 0.2) is 81.7 Å². The largest absolute Gasteiger partial charge is 0.493 e. The number of amides is 2. The average molecular weight is 693 g/mol. The Kier molecular flexibility index (Phi) is 8.26. The second-order valence-electron chi connectivity index (χ2n) is 11.9. The van der Waals surface area contributed by atoms with Crippen LogP contribution in [0.1, 0.15) is 49.7 Å². The quantitative estimate of drug-likeness (QED) is 0.159. The molecule has 4 aliphatic heterocycles. The van der Waals surface area contributed by atoms with E-state index >= 15 is 0 Å². The number of benzene rings is 2. The maximum Gasteiger partial charge on any atom is 0.260 e. The fourth-order valence-electron chi connectivity index (χ4n) is 6.43. The highest BCUT2D eigenvalue weighted by Gasteiger charge is 2.35. The first-order valence-corrected chi connectivity index (χ1v) is 17.7. The number of aliphatic imine (C=N–C) groups is 2. The summed E-state index contributed by atoms with van der Waals surface area (Å²) in [6.07, 6.45) is 9.51. The van der Waals surface area contributed by atoms with Crippen LogP contribution < -0.4 is 18.9 Å². The minimum absolute atomic E-state index is 0.122. The number of methoxy groups -OCH3 is 2. The Hall–Kier alpha value is -5.20. The van der Waals surface area contributed by atoms with Gasteiger partial charge in [-0.3, -0.25) is 19.6 Å². The summed E-state index contributed by atoms with van der Waals surface area (Å²) in [4.78, 5) is 42.4. The molecule has 0 saturated carbocycles. The number of carbonyl (C=O) groups is 2. The Labute approximate surface area is 291 Å². The first-order valence-electron chi connectivity index (χ1n) is 15.9. The van der Waals surface area contributed by atoms with Crippen molar-refractivity contribution < 1.29 is 28.5 Å². The van der Waals surface area contributed by atoms with E-state index in [4.69, 9.17) is 18.9 Å². The molecule has 8 rings (SSSR count). The number of carbonyl (C=O) groups excluding carboxylic acids is 2. The summed E-state index contributed by atoms with van der Waals surface area (Å²) in [5.74, 6) is 1.66. The minimum atomic E-state index is -0.142.